The number of aliphatic hydroxyl groups is 1. The van der Waals surface area contributed by atoms with Crippen molar-refractivity contribution in [2.75, 3.05) is 7.11 Å². The zero-order chi connectivity index (χ0) is 25.3. The van der Waals surface area contributed by atoms with Crippen molar-refractivity contribution in [1.82, 2.24) is 5.01 Å². The third-order valence-corrected chi connectivity index (χ3v) is 4.91. The van der Waals surface area contributed by atoms with Gasteiger partial charge in [-0.2, -0.15) is 10.2 Å². The highest BCUT2D eigenvalue weighted by molar-refractivity contribution is 6.38. The number of carbonyl (C=O) groups excluding carboxylic acids is 1. The number of nitrogens with zero attached hydrogens (tertiary/aromatic N) is 4. The number of hydrogen-bond donors (Lipinski definition) is 2. The summed E-state index contributed by atoms with van der Waals surface area (Å²) in [4.78, 5) is 16.7. The van der Waals surface area contributed by atoms with Crippen LogP contribution in [0.5, 0.6) is 0 Å². The smallest absolute Gasteiger partial charge is 0.360 e. The molecule has 0 atom stereocenters. The molecule has 0 bridgehead atoms. The number of allylic oxidation sites excluding steroid dienone is 1. The molecule has 2 aromatic rings. The summed E-state index contributed by atoms with van der Waals surface area (Å²) < 4.78 is 4.84. The monoisotopic (exact) mass is 481 g/mol. The zero-order valence-corrected chi connectivity index (χ0v) is 20.5. The average molecular weight is 482 g/mol. The van der Waals surface area contributed by atoms with E-state index >= 15 is 0 Å². The fourth-order valence-electron chi connectivity index (χ4n) is 3.25. The lowest BCUT2D eigenvalue weighted by Gasteiger charge is -2.30. The third-order valence-electron chi connectivity index (χ3n) is 4.68. The summed E-state index contributed by atoms with van der Waals surface area (Å²) in [6, 6.07) is 12.3. The number of nitrogens with two attached hydrogens (primary N) is 1. The molecule has 0 aromatic heterocycles. The minimum Gasteiger partial charge on any atom is -0.505 e. The van der Waals surface area contributed by atoms with E-state index < -0.39 is 5.97 Å². The number of rotatable bonds is 5. The van der Waals surface area contributed by atoms with E-state index in [0.29, 0.717) is 38.8 Å². The maximum Gasteiger partial charge on any atom is 0.360 e. The highest BCUT2D eigenvalue weighted by Gasteiger charge is 2.34. The first-order chi connectivity index (χ1) is 16.4. The largest absolute Gasteiger partial charge is 0.505 e. The molecule has 178 valence electrons. The Bertz CT molecular complexity index is 1200. The Kier molecular flexibility index (Phi) is 9.58. The van der Waals surface area contributed by atoms with Crippen molar-refractivity contribution in [1.29, 1.82) is 0 Å². The van der Waals surface area contributed by atoms with Crippen LogP contribution in [0.3, 0.4) is 0 Å². The van der Waals surface area contributed by atoms with E-state index in [1.54, 1.807) is 62.4 Å². The predicted molar refractivity (Wildman–Crippen MR) is 139 cm³/mol. The molecule has 1 aliphatic heterocycles. The van der Waals surface area contributed by atoms with Gasteiger partial charge in [-0.1, -0.05) is 43.7 Å². The molecule has 0 fully saturated rings. The Labute approximate surface area is 204 Å². The van der Waals surface area contributed by atoms with Crippen LogP contribution in [0.4, 0.5) is 5.69 Å². The zero-order valence-electron chi connectivity index (χ0n) is 19.8. The fraction of sp³-hybridized carbons (Fsp3) is 0.200. The summed E-state index contributed by atoms with van der Waals surface area (Å²) in [5, 5.41) is 20.8. The highest BCUT2D eigenvalue weighted by Crippen LogP contribution is 2.38. The van der Waals surface area contributed by atoms with Gasteiger partial charge >= 0.3 is 5.97 Å². The minimum absolute atomic E-state index is 0.0748. The van der Waals surface area contributed by atoms with E-state index in [1.807, 2.05) is 13.8 Å². The summed E-state index contributed by atoms with van der Waals surface area (Å²) >= 11 is 6.01. The van der Waals surface area contributed by atoms with E-state index in [1.165, 1.54) is 24.5 Å². The lowest BCUT2D eigenvalue weighted by Crippen LogP contribution is -2.28. The van der Waals surface area contributed by atoms with Gasteiger partial charge in [-0.25, -0.2) is 9.80 Å². The van der Waals surface area contributed by atoms with Crippen molar-refractivity contribution in [3.63, 3.8) is 0 Å². The van der Waals surface area contributed by atoms with Crippen LogP contribution in [0.1, 0.15) is 44.4 Å². The Balaban J connectivity index is 0.00000199. The van der Waals surface area contributed by atoms with Crippen LogP contribution >= 0.6 is 11.6 Å². The number of fused-ring (bicyclic) bond motifs is 1. The van der Waals surface area contributed by atoms with E-state index in [4.69, 9.17) is 22.2 Å². The molecule has 1 aliphatic rings. The number of benzene rings is 2. The van der Waals surface area contributed by atoms with Crippen molar-refractivity contribution in [2.45, 2.75) is 27.7 Å². The van der Waals surface area contributed by atoms with E-state index in [9.17, 15) is 9.90 Å². The summed E-state index contributed by atoms with van der Waals surface area (Å²) in [5.41, 5.74) is 3.32. The molecule has 9 heteroatoms. The molecule has 0 spiro atoms. The summed E-state index contributed by atoms with van der Waals surface area (Å²) in [7, 11) is 1.24. The second-order valence-corrected chi connectivity index (χ2v) is 7.00. The maximum absolute atomic E-state index is 12.4. The quantitative estimate of drug-likeness (QED) is 0.253. The molecule has 34 heavy (non-hydrogen) atoms. The Hall–Kier alpha value is -3.91. The van der Waals surface area contributed by atoms with Crippen molar-refractivity contribution < 1.29 is 14.6 Å². The predicted octanol–water partition coefficient (Wildman–Crippen LogP) is 5.51. The molecule has 0 aliphatic carbocycles. The lowest BCUT2D eigenvalue weighted by molar-refractivity contribution is -0.137. The van der Waals surface area contributed by atoms with Crippen LogP contribution < -0.4 is 5.84 Å². The topological polar surface area (TPSA) is 113 Å². The van der Waals surface area contributed by atoms with E-state index in [0.717, 1.165) is 0 Å². The molecule has 0 unspecified atom stereocenters. The van der Waals surface area contributed by atoms with Crippen LogP contribution in [-0.4, -0.2) is 41.3 Å². The van der Waals surface area contributed by atoms with Gasteiger partial charge in [0.2, 0.25) is 0 Å². The molecule has 8 nitrogen and oxygen atoms in total. The van der Waals surface area contributed by atoms with Crippen molar-refractivity contribution >= 4 is 52.9 Å². The van der Waals surface area contributed by atoms with Gasteiger partial charge in [-0.15, -0.1) is 0 Å². The van der Waals surface area contributed by atoms with Crippen molar-refractivity contribution in [2.24, 2.45) is 21.0 Å². The van der Waals surface area contributed by atoms with Gasteiger partial charge in [0.15, 0.2) is 11.5 Å². The fourth-order valence-corrected chi connectivity index (χ4v) is 3.44. The molecule has 0 saturated heterocycles. The van der Waals surface area contributed by atoms with Crippen LogP contribution in [0.2, 0.25) is 5.02 Å². The number of hydrogen-bond acceptors (Lipinski definition) is 8. The van der Waals surface area contributed by atoms with Crippen LogP contribution in [0.25, 0.3) is 11.5 Å². The number of aliphatic imine (C=N–C) groups is 1. The minimum atomic E-state index is -0.708. The molecule has 2 aromatic carbocycles. The Morgan fingerprint density at radius 2 is 1.88 bits per heavy atom. The van der Waals surface area contributed by atoms with E-state index in [2.05, 4.69) is 15.2 Å². The second-order valence-electron chi connectivity index (χ2n) is 6.56. The SMILES string of the molecule is C/C=N\N1C(C(=O)OC)=C(O)c2ccc(/C(C=Nc3cccc(Cl)c3)=N/N)cc2/C1=C\C.CC. The number of carbonyl (C=O) groups is 1. The van der Waals surface area contributed by atoms with Gasteiger partial charge in [-0.3, -0.25) is 4.99 Å². The van der Waals surface area contributed by atoms with Crippen LogP contribution in [0, 0.1) is 0 Å². The summed E-state index contributed by atoms with van der Waals surface area (Å²) in [6.45, 7) is 7.51. The summed E-state index contributed by atoms with van der Waals surface area (Å²) in [5.74, 6) is 4.68. The molecule has 3 N–H and O–H groups in total. The first kappa shape index (κ1) is 26.3. The van der Waals surface area contributed by atoms with Gasteiger partial charge in [0.25, 0.3) is 0 Å². The Morgan fingerprint density at radius 1 is 1.15 bits per heavy atom. The lowest BCUT2D eigenvalue weighted by atomic mass is 9.93. The van der Waals surface area contributed by atoms with Crippen molar-refractivity contribution in [3.05, 3.63) is 76.0 Å². The molecular formula is C25H28ClN5O3. The standard InChI is InChI=1S/C23H22ClN5O3.C2H6/c1-4-20-18-11-14(19(28-25)13-26-16-8-6-7-15(24)12-16)9-10-17(18)22(30)21(23(31)32-3)29(20)27-5-2;1-2/h4-13,30H,25H2,1-3H3;1-2H3/b20-4+,26-13?,27-5-,28-19+;. The molecule has 0 amide bonds. The number of methoxy groups -OCH3 is 1. The molecule has 3 rings (SSSR count). The first-order valence-electron chi connectivity index (χ1n) is 10.6. The van der Waals surface area contributed by atoms with Gasteiger partial charge in [0.1, 0.15) is 5.71 Å². The number of esters is 1. The number of aliphatic hydroxyl groups excluding tert-OH is 1. The number of ether oxygens (including phenoxy) is 1. The molecule has 1 heterocycles. The third kappa shape index (κ3) is 5.52. The van der Waals surface area contributed by atoms with Gasteiger partial charge in [-0.05, 0) is 44.2 Å². The highest BCUT2D eigenvalue weighted by atomic mass is 35.5. The second kappa shape index (κ2) is 12.4. The first-order valence-corrected chi connectivity index (χ1v) is 11.0. The van der Waals surface area contributed by atoms with Gasteiger partial charge in [0, 0.05) is 27.9 Å². The van der Waals surface area contributed by atoms with Crippen LogP contribution in [-0.2, 0) is 9.53 Å². The maximum atomic E-state index is 12.4. The van der Waals surface area contributed by atoms with Crippen LogP contribution in [0.15, 0.2) is 69.4 Å². The molecule has 0 radical (unpaired) electrons. The molecule has 0 saturated carbocycles. The Morgan fingerprint density at radius 3 is 2.47 bits per heavy atom. The van der Waals surface area contributed by atoms with E-state index in [-0.39, 0.29) is 11.5 Å². The van der Waals surface area contributed by atoms with Gasteiger partial charge < -0.3 is 15.7 Å². The van der Waals surface area contributed by atoms with Gasteiger partial charge in [0.05, 0.1) is 24.7 Å². The summed E-state index contributed by atoms with van der Waals surface area (Å²) in [6.07, 6.45) is 4.83. The number of hydrazone groups is 2. The van der Waals surface area contributed by atoms with Crippen molar-refractivity contribution in [3.8, 4) is 0 Å². The normalized spacial score (nSPS) is 14.9. The average Bonchev–Trinajstić information content (AvgIpc) is 2.86. The number of halogens is 1. The molecular weight excluding hydrogens is 454 g/mol.